The molecule has 0 aliphatic carbocycles. The van der Waals surface area contributed by atoms with Gasteiger partial charge in [-0.15, -0.1) is 0 Å². The Hall–Kier alpha value is -0.610. The van der Waals surface area contributed by atoms with Crippen LogP contribution < -0.4 is 0 Å². The average Bonchev–Trinajstić information content (AvgIpc) is 2.37. The lowest BCUT2D eigenvalue weighted by Gasteiger charge is -2.32. The zero-order valence-corrected chi connectivity index (χ0v) is 12.8. The third-order valence-electron chi connectivity index (χ3n) is 2.45. The lowest BCUT2D eigenvalue weighted by molar-refractivity contribution is -0.130. The van der Waals surface area contributed by atoms with Crippen LogP contribution in [-0.2, 0) is 4.79 Å². The highest BCUT2D eigenvalue weighted by molar-refractivity contribution is 5.77. The molecule has 4 heteroatoms. The summed E-state index contributed by atoms with van der Waals surface area (Å²) < 4.78 is 0. The third-order valence-corrected chi connectivity index (χ3v) is 2.45. The van der Waals surface area contributed by atoms with Gasteiger partial charge in [0.25, 0.3) is 0 Å². The summed E-state index contributed by atoms with van der Waals surface area (Å²) in [5.74, 6) is 0.199. The molecule has 0 radical (unpaired) electrons. The van der Waals surface area contributed by atoms with Gasteiger partial charge in [-0.2, -0.15) is 0 Å². The number of hydrogen-bond acceptors (Lipinski definition) is 3. The Morgan fingerprint density at radius 1 is 1.00 bits per heavy atom. The first-order chi connectivity index (χ1) is 8.09. The molecule has 1 aliphatic rings. The topological polar surface area (TPSA) is 26.8 Å². The van der Waals surface area contributed by atoms with Gasteiger partial charge in [-0.3, -0.25) is 9.69 Å². The van der Waals surface area contributed by atoms with Crippen LogP contribution >= 0.6 is 0 Å². The Kier molecular flexibility index (Phi) is 13.1. The second-order valence-electron chi connectivity index (χ2n) is 3.87. The van der Waals surface area contributed by atoms with Crippen molar-refractivity contribution in [3.8, 4) is 0 Å². The number of hydrogen-bond donors (Lipinski definition) is 0. The summed E-state index contributed by atoms with van der Waals surface area (Å²) in [7, 11) is 5.72. The quantitative estimate of drug-likeness (QED) is 0.735. The first kappa shape index (κ1) is 18.7. The number of rotatable bonds is 2. The summed E-state index contributed by atoms with van der Waals surface area (Å²) in [6.45, 7) is 12.7. The molecule has 0 aromatic rings. The fourth-order valence-corrected chi connectivity index (χ4v) is 1.34. The van der Waals surface area contributed by atoms with Crippen LogP contribution in [0.3, 0.4) is 0 Å². The van der Waals surface area contributed by atoms with Crippen LogP contribution in [0.15, 0.2) is 0 Å². The molecular weight excluding hydrogens is 214 g/mol. The van der Waals surface area contributed by atoms with Gasteiger partial charge in [0, 0.05) is 40.3 Å². The monoisotopic (exact) mass is 245 g/mol. The van der Waals surface area contributed by atoms with E-state index < -0.39 is 0 Å². The summed E-state index contributed by atoms with van der Waals surface area (Å²) in [5, 5.41) is 0. The molecule has 1 amide bonds. The van der Waals surface area contributed by atoms with Gasteiger partial charge in [0.2, 0.25) is 5.91 Å². The van der Waals surface area contributed by atoms with Crippen molar-refractivity contribution in [1.82, 2.24) is 14.7 Å². The fourth-order valence-electron chi connectivity index (χ4n) is 1.34. The minimum Gasteiger partial charge on any atom is -0.348 e. The van der Waals surface area contributed by atoms with E-state index in [0.717, 1.165) is 26.2 Å². The van der Waals surface area contributed by atoms with Crippen molar-refractivity contribution in [3.05, 3.63) is 0 Å². The Balaban J connectivity index is 0. The van der Waals surface area contributed by atoms with Gasteiger partial charge >= 0.3 is 0 Å². The van der Waals surface area contributed by atoms with Crippen molar-refractivity contribution in [1.29, 1.82) is 0 Å². The van der Waals surface area contributed by atoms with Gasteiger partial charge in [-0.05, 0) is 7.05 Å². The first-order valence-electron chi connectivity index (χ1n) is 6.70. The zero-order chi connectivity index (χ0) is 13.8. The van der Waals surface area contributed by atoms with Crippen molar-refractivity contribution in [2.75, 3.05) is 53.9 Å². The molecule has 0 aromatic carbocycles. The van der Waals surface area contributed by atoms with Crippen LogP contribution in [0.2, 0.25) is 0 Å². The van der Waals surface area contributed by atoms with E-state index in [2.05, 4.69) is 16.8 Å². The van der Waals surface area contributed by atoms with Crippen LogP contribution in [0.1, 0.15) is 27.7 Å². The first-order valence-corrected chi connectivity index (χ1v) is 6.70. The smallest absolute Gasteiger partial charge is 0.236 e. The van der Waals surface area contributed by atoms with Crippen LogP contribution in [0.4, 0.5) is 0 Å². The molecule has 0 spiro atoms. The van der Waals surface area contributed by atoms with E-state index in [4.69, 9.17) is 0 Å². The summed E-state index contributed by atoms with van der Waals surface area (Å²) >= 11 is 0. The molecule has 0 bridgehead atoms. The van der Waals surface area contributed by atoms with Gasteiger partial charge in [0.15, 0.2) is 0 Å². The molecule has 104 valence electrons. The maximum atomic E-state index is 11.4. The van der Waals surface area contributed by atoms with Crippen LogP contribution in [0.5, 0.6) is 0 Å². The van der Waals surface area contributed by atoms with E-state index in [-0.39, 0.29) is 5.91 Å². The predicted molar refractivity (Wildman–Crippen MR) is 75.3 cm³/mol. The molecule has 0 aromatic heterocycles. The molecule has 1 heterocycles. The fraction of sp³-hybridized carbons (Fsp3) is 0.923. The molecule has 0 unspecified atom stereocenters. The predicted octanol–water partition coefficient (Wildman–Crippen LogP) is 1.37. The molecular formula is C13H31N3O. The van der Waals surface area contributed by atoms with E-state index in [9.17, 15) is 4.79 Å². The molecule has 4 nitrogen and oxygen atoms in total. The highest BCUT2D eigenvalue weighted by atomic mass is 16.2. The SMILES string of the molecule is CC.CC.CN1CCN(CC(=O)N(C)C)CC1. The van der Waals surface area contributed by atoms with Crippen LogP contribution in [0, 0.1) is 0 Å². The summed E-state index contributed by atoms with van der Waals surface area (Å²) in [5.41, 5.74) is 0. The van der Waals surface area contributed by atoms with Crippen LogP contribution in [0.25, 0.3) is 0 Å². The zero-order valence-electron chi connectivity index (χ0n) is 12.8. The molecule has 0 saturated carbocycles. The third kappa shape index (κ3) is 9.12. The maximum absolute atomic E-state index is 11.4. The Bertz CT molecular complexity index is 176. The van der Waals surface area contributed by atoms with Crippen molar-refractivity contribution in [2.45, 2.75) is 27.7 Å². The van der Waals surface area contributed by atoms with Crippen LogP contribution in [-0.4, -0.2) is 74.5 Å². The number of carbonyl (C=O) groups excluding carboxylic acids is 1. The van der Waals surface area contributed by atoms with Gasteiger partial charge in [0.1, 0.15) is 0 Å². The normalized spacial score (nSPS) is 16.2. The number of piperazine rings is 1. The highest BCUT2D eigenvalue weighted by Crippen LogP contribution is 1.98. The molecule has 1 saturated heterocycles. The largest absolute Gasteiger partial charge is 0.348 e. The number of nitrogens with zero attached hydrogens (tertiary/aromatic N) is 3. The van der Waals surface area contributed by atoms with Crippen molar-refractivity contribution >= 4 is 5.91 Å². The van der Waals surface area contributed by atoms with E-state index >= 15 is 0 Å². The maximum Gasteiger partial charge on any atom is 0.236 e. The van der Waals surface area contributed by atoms with E-state index in [1.54, 1.807) is 19.0 Å². The Morgan fingerprint density at radius 2 is 1.41 bits per heavy atom. The molecule has 1 rings (SSSR count). The molecule has 17 heavy (non-hydrogen) atoms. The van der Waals surface area contributed by atoms with E-state index in [1.807, 2.05) is 27.7 Å². The lowest BCUT2D eigenvalue weighted by atomic mass is 10.3. The highest BCUT2D eigenvalue weighted by Gasteiger charge is 2.16. The minimum absolute atomic E-state index is 0.199. The van der Waals surface area contributed by atoms with Gasteiger partial charge < -0.3 is 9.80 Å². The number of amides is 1. The summed E-state index contributed by atoms with van der Waals surface area (Å²) in [6.07, 6.45) is 0. The minimum atomic E-state index is 0.199. The van der Waals surface area contributed by atoms with Crippen molar-refractivity contribution < 1.29 is 4.79 Å². The average molecular weight is 245 g/mol. The van der Waals surface area contributed by atoms with Gasteiger partial charge in [-0.1, -0.05) is 27.7 Å². The van der Waals surface area contributed by atoms with Gasteiger partial charge in [0.05, 0.1) is 6.54 Å². The number of carbonyl (C=O) groups is 1. The van der Waals surface area contributed by atoms with E-state index in [0.29, 0.717) is 6.54 Å². The van der Waals surface area contributed by atoms with E-state index in [1.165, 1.54) is 0 Å². The Morgan fingerprint density at radius 3 is 1.76 bits per heavy atom. The molecule has 0 N–H and O–H groups in total. The molecule has 0 atom stereocenters. The second kappa shape index (κ2) is 11.9. The molecule has 1 fully saturated rings. The summed E-state index contributed by atoms with van der Waals surface area (Å²) in [6, 6.07) is 0. The summed E-state index contributed by atoms with van der Waals surface area (Å²) in [4.78, 5) is 17.5. The lowest BCUT2D eigenvalue weighted by Crippen LogP contribution is -2.47. The van der Waals surface area contributed by atoms with Gasteiger partial charge in [-0.25, -0.2) is 0 Å². The van der Waals surface area contributed by atoms with Crippen molar-refractivity contribution in [2.24, 2.45) is 0 Å². The van der Waals surface area contributed by atoms with Crippen molar-refractivity contribution in [3.63, 3.8) is 0 Å². The second-order valence-corrected chi connectivity index (χ2v) is 3.87. The Labute approximate surface area is 108 Å². The standard InChI is InChI=1S/C9H19N3O.2C2H6/c1-10(2)9(13)8-12-6-4-11(3)5-7-12;2*1-2/h4-8H2,1-3H3;2*1-2H3. The molecule has 1 aliphatic heterocycles. The number of likely N-dealkylation sites (N-methyl/N-ethyl adjacent to an activating group) is 2.